The van der Waals surface area contributed by atoms with Gasteiger partial charge in [0.2, 0.25) is 11.8 Å². The minimum absolute atomic E-state index is 0.0589. The average Bonchev–Trinajstić information content (AvgIpc) is 3.88. The first kappa shape index (κ1) is 45.6. The summed E-state index contributed by atoms with van der Waals surface area (Å²) in [4.78, 5) is 40.3. The van der Waals surface area contributed by atoms with Crippen molar-refractivity contribution >= 4 is 11.8 Å². The van der Waals surface area contributed by atoms with Gasteiger partial charge in [-0.25, -0.2) is 0 Å². The Morgan fingerprint density at radius 2 is 1.68 bits per heavy atom. The van der Waals surface area contributed by atoms with E-state index in [1.165, 1.54) is 25.7 Å². The SMILES string of the molecule is COC1C(CN2O[C@@H](CN)[C@@H]([C@H](C)O)[C@H]2C(=O)N[C@H]2C[C@H]3C[C@@H]([C@@H]2C)C3(C)C)CCCC1C1CC(C(=O)N[C@H](CN2CCCC2)[C@H](O)C2CCCCC2)CC(N(C)C)C1. The second-order valence-electron chi connectivity index (χ2n) is 21.7. The van der Waals surface area contributed by atoms with Gasteiger partial charge in [-0.2, -0.15) is 5.06 Å². The van der Waals surface area contributed by atoms with E-state index in [0.29, 0.717) is 35.6 Å². The molecule has 12 heteroatoms. The van der Waals surface area contributed by atoms with Crippen LogP contribution in [0.15, 0.2) is 0 Å². The summed E-state index contributed by atoms with van der Waals surface area (Å²) in [6.07, 6.45) is 14.2. The lowest BCUT2D eigenvalue weighted by molar-refractivity contribution is -0.186. The molecule has 2 aliphatic heterocycles. The Balaban J connectivity index is 1.05. The number of nitrogens with one attached hydrogen (secondary N) is 2. The highest BCUT2D eigenvalue weighted by atomic mass is 16.7. The number of nitrogens with zero attached hydrogens (tertiary/aromatic N) is 3. The zero-order valence-corrected chi connectivity index (χ0v) is 37.9. The molecule has 6 N–H and O–H groups in total. The van der Waals surface area contributed by atoms with Crippen molar-refractivity contribution in [2.75, 3.05) is 53.9 Å². The van der Waals surface area contributed by atoms with Gasteiger partial charge in [-0.15, -0.1) is 0 Å². The van der Waals surface area contributed by atoms with Gasteiger partial charge in [0.1, 0.15) is 6.04 Å². The Morgan fingerprint density at radius 3 is 2.31 bits per heavy atom. The molecule has 8 rings (SSSR count). The topological polar surface area (TPSA) is 153 Å². The first-order valence-corrected chi connectivity index (χ1v) is 24.2. The molecule has 59 heavy (non-hydrogen) atoms. The van der Waals surface area contributed by atoms with Crippen LogP contribution in [0.1, 0.15) is 124 Å². The summed E-state index contributed by atoms with van der Waals surface area (Å²) in [6.45, 7) is 12.4. The Kier molecular flexibility index (Phi) is 15.1. The fourth-order valence-electron chi connectivity index (χ4n) is 14.0. The first-order chi connectivity index (χ1) is 28.2. The van der Waals surface area contributed by atoms with E-state index in [1.807, 2.05) is 12.2 Å². The molecule has 2 amide bonds. The number of hydroxylamine groups is 2. The predicted molar refractivity (Wildman–Crippen MR) is 231 cm³/mol. The second-order valence-corrected chi connectivity index (χ2v) is 21.7. The van der Waals surface area contributed by atoms with E-state index < -0.39 is 30.3 Å². The maximum Gasteiger partial charge on any atom is 0.240 e. The van der Waals surface area contributed by atoms with E-state index in [0.717, 1.165) is 90.3 Å². The van der Waals surface area contributed by atoms with Gasteiger partial charge in [-0.05, 0) is 146 Å². The molecule has 0 aromatic rings. The molecule has 6 saturated carbocycles. The molecule has 6 aliphatic carbocycles. The van der Waals surface area contributed by atoms with E-state index in [1.54, 1.807) is 6.92 Å². The van der Waals surface area contributed by atoms with Crippen LogP contribution < -0.4 is 16.4 Å². The standard InChI is InChI=1S/C47H84N6O6/c1-28-37-23-34(47(37,3)4)24-38(28)49-46(57)42-41(29(2)54)40(25-48)59-53(42)26-31-16-13-17-36(44(31)58-7)32-20-33(22-35(21-32)51(5)6)45(56)50-39(27-52-18-11-12-19-52)43(55)30-14-9-8-10-15-30/h28-44,54-55H,8-27,48H2,1-7H3,(H,49,57)(H,50,56)/t28-,29-,31?,32?,33?,34+,35?,36?,37-,38-,39+,40-,41+,42-,43+,44?/m0/s1. The van der Waals surface area contributed by atoms with Crippen LogP contribution in [0, 0.1) is 58.7 Å². The summed E-state index contributed by atoms with van der Waals surface area (Å²) >= 11 is 0. The molecule has 2 bridgehead atoms. The number of aliphatic hydroxyl groups is 2. The van der Waals surface area contributed by atoms with Gasteiger partial charge in [0.25, 0.3) is 0 Å². The molecule has 8 aliphatic rings. The minimum Gasteiger partial charge on any atom is -0.393 e. The van der Waals surface area contributed by atoms with Crippen molar-refractivity contribution in [3.05, 3.63) is 0 Å². The Morgan fingerprint density at radius 1 is 0.949 bits per heavy atom. The van der Waals surface area contributed by atoms with Crippen LogP contribution in [0.2, 0.25) is 0 Å². The quantitative estimate of drug-likeness (QED) is 0.161. The van der Waals surface area contributed by atoms with Crippen LogP contribution in [0.25, 0.3) is 0 Å². The molecule has 0 aromatic carbocycles. The van der Waals surface area contributed by atoms with Gasteiger partial charge < -0.3 is 41.1 Å². The van der Waals surface area contributed by atoms with Gasteiger partial charge in [0.05, 0.1) is 30.5 Å². The fourth-order valence-corrected chi connectivity index (χ4v) is 14.0. The van der Waals surface area contributed by atoms with E-state index in [4.69, 9.17) is 15.3 Å². The zero-order valence-electron chi connectivity index (χ0n) is 37.9. The largest absolute Gasteiger partial charge is 0.393 e. The summed E-state index contributed by atoms with van der Waals surface area (Å²) in [5.74, 6) is 2.02. The highest BCUT2D eigenvalue weighted by Gasteiger charge is 2.58. The summed E-state index contributed by atoms with van der Waals surface area (Å²) in [5, 5.41) is 31.7. The first-order valence-electron chi connectivity index (χ1n) is 24.2. The summed E-state index contributed by atoms with van der Waals surface area (Å²) in [7, 11) is 6.11. The van der Waals surface area contributed by atoms with E-state index in [9.17, 15) is 19.8 Å². The molecule has 2 heterocycles. The molecule has 2 saturated heterocycles. The summed E-state index contributed by atoms with van der Waals surface area (Å²) < 4.78 is 6.49. The number of fused-ring (bicyclic) bond motifs is 2. The van der Waals surface area contributed by atoms with Crippen molar-refractivity contribution in [1.82, 2.24) is 25.5 Å². The molecule has 0 aromatic heterocycles. The van der Waals surface area contributed by atoms with Gasteiger partial charge in [-0.3, -0.25) is 14.4 Å². The van der Waals surface area contributed by atoms with E-state index >= 15 is 0 Å². The van der Waals surface area contributed by atoms with Crippen molar-refractivity contribution < 1.29 is 29.4 Å². The van der Waals surface area contributed by atoms with Crippen LogP contribution in [-0.4, -0.2) is 139 Å². The molecular formula is C47H84N6O6. The Hall–Kier alpha value is -1.38. The highest BCUT2D eigenvalue weighted by Crippen LogP contribution is 2.61. The van der Waals surface area contributed by atoms with E-state index in [2.05, 4.69) is 55.3 Å². The van der Waals surface area contributed by atoms with Crippen LogP contribution in [0.3, 0.4) is 0 Å². The number of nitrogens with two attached hydrogens (primary N) is 1. The summed E-state index contributed by atoms with van der Waals surface area (Å²) in [5.41, 5.74) is 6.60. The Bertz CT molecular complexity index is 1390. The Labute approximate surface area is 356 Å². The lowest BCUT2D eigenvalue weighted by Gasteiger charge is -2.62. The number of carbonyl (C=O) groups excluding carboxylic acids is 2. The van der Waals surface area contributed by atoms with Crippen LogP contribution >= 0.6 is 0 Å². The molecule has 8 fully saturated rings. The van der Waals surface area contributed by atoms with Crippen LogP contribution in [0.5, 0.6) is 0 Å². The van der Waals surface area contributed by atoms with Gasteiger partial charge in [0.15, 0.2) is 0 Å². The molecule has 6 unspecified atom stereocenters. The maximum absolute atomic E-state index is 14.5. The molecule has 16 atom stereocenters. The number of aliphatic hydroxyl groups excluding tert-OH is 2. The third-order valence-electron chi connectivity index (χ3n) is 17.8. The zero-order chi connectivity index (χ0) is 42.2. The van der Waals surface area contributed by atoms with Crippen molar-refractivity contribution in [1.29, 1.82) is 0 Å². The smallest absolute Gasteiger partial charge is 0.240 e. The van der Waals surface area contributed by atoms with Gasteiger partial charge >= 0.3 is 0 Å². The third kappa shape index (κ3) is 9.75. The van der Waals surface area contributed by atoms with Crippen molar-refractivity contribution in [2.45, 2.75) is 173 Å². The molecule has 338 valence electrons. The predicted octanol–water partition coefficient (Wildman–Crippen LogP) is 4.41. The summed E-state index contributed by atoms with van der Waals surface area (Å²) in [6, 6.07) is -0.502. The average molecular weight is 829 g/mol. The number of hydrogen-bond acceptors (Lipinski definition) is 10. The maximum atomic E-state index is 14.5. The minimum atomic E-state index is -0.759. The lowest BCUT2D eigenvalue weighted by Crippen LogP contribution is -2.62. The fraction of sp³-hybridized carbons (Fsp3) is 0.957. The molecule has 0 radical (unpaired) electrons. The van der Waals surface area contributed by atoms with Crippen LogP contribution in [0.4, 0.5) is 0 Å². The van der Waals surface area contributed by atoms with E-state index in [-0.39, 0.29) is 66.3 Å². The number of ether oxygens (including phenoxy) is 1. The number of likely N-dealkylation sites (tertiary alicyclic amines) is 1. The van der Waals surface area contributed by atoms with Crippen molar-refractivity contribution in [2.24, 2.45) is 64.4 Å². The lowest BCUT2D eigenvalue weighted by atomic mass is 9.45. The van der Waals surface area contributed by atoms with Crippen molar-refractivity contribution in [3.8, 4) is 0 Å². The number of methoxy groups -OCH3 is 1. The number of rotatable bonds is 15. The molecule has 0 spiro atoms. The van der Waals surface area contributed by atoms with Gasteiger partial charge in [-0.1, -0.05) is 46.5 Å². The third-order valence-corrected chi connectivity index (χ3v) is 17.8. The van der Waals surface area contributed by atoms with Crippen LogP contribution in [-0.2, 0) is 19.2 Å². The van der Waals surface area contributed by atoms with Gasteiger partial charge in [0, 0.05) is 56.6 Å². The molecule has 12 nitrogen and oxygen atoms in total. The molecular weight excluding hydrogens is 745 g/mol. The number of hydrogen-bond donors (Lipinski definition) is 5. The monoisotopic (exact) mass is 829 g/mol. The number of amides is 2. The highest BCUT2D eigenvalue weighted by molar-refractivity contribution is 5.83. The normalized spacial score (nSPS) is 41.0. The van der Waals surface area contributed by atoms with Crippen molar-refractivity contribution in [3.63, 3.8) is 0 Å². The number of carbonyl (C=O) groups is 2. The second kappa shape index (κ2) is 19.6.